The van der Waals surface area contributed by atoms with Gasteiger partial charge in [0, 0.05) is 23.1 Å². The molecule has 1 fully saturated rings. The standard InChI is InChI=1S/C14H20BrFN2/c1-10-7-13(5-6-18(10)2)17-9-11-3-4-12(16)8-14(11)15/h3-4,8,10,13,17H,5-7,9H2,1-2H3. The molecule has 2 atom stereocenters. The third-order valence-corrected chi connectivity index (χ3v) is 4.54. The van der Waals surface area contributed by atoms with Crippen LogP contribution < -0.4 is 5.32 Å². The van der Waals surface area contributed by atoms with E-state index in [4.69, 9.17) is 0 Å². The summed E-state index contributed by atoms with van der Waals surface area (Å²) in [5.74, 6) is -0.196. The van der Waals surface area contributed by atoms with Crippen molar-refractivity contribution in [2.45, 2.75) is 38.4 Å². The third kappa shape index (κ3) is 3.53. The molecule has 0 saturated carbocycles. The molecule has 0 amide bonds. The van der Waals surface area contributed by atoms with Gasteiger partial charge in [-0.15, -0.1) is 0 Å². The van der Waals surface area contributed by atoms with Gasteiger partial charge in [-0.05, 0) is 51.1 Å². The van der Waals surface area contributed by atoms with E-state index in [0.717, 1.165) is 23.1 Å². The summed E-state index contributed by atoms with van der Waals surface area (Å²) in [6.07, 6.45) is 2.36. The summed E-state index contributed by atoms with van der Waals surface area (Å²) >= 11 is 3.41. The largest absolute Gasteiger partial charge is 0.310 e. The molecule has 1 N–H and O–H groups in total. The van der Waals surface area contributed by atoms with Crippen molar-refractivity contribution in [3.05, 3.63) is 34.1 Å². The van der Waals surface area contributed by atoms with Gasteiger partial charge in [0.1, 0.15) is 5.82 Å². The predicted octanol–water partition coefficient (Wildman–Crippen LogP) is 3.16. The Labute approximate surface area is 117 Å². The van der Waals surface area contributed by atoms with Crippen molar-refractivity contribution in [3.63, 3.8) is 0 Å². The van der Waals surface area contributed by atoms with E-state index in [0.29, 0.717) is 12.1 Å². The number of hydrogen-bond donors (Lipinski definition) is 1. The highest BCUT2D eigenvalue weighted by Crippen LogP contribution is 2.20. The van der Waals surface area contributed by atoms with Crippen molar-refractivity contribution in [3.8, 4) is 0 Å². The average Bonchev–Trinajstić information content (AvgIpc) is 2.32. The van der Waals surface area contributed by atoms with Crippen molar-refractivity contribution < 1.29 is 4.39 Å². The van der Waals surface area contributed by atoms with E-state index in [9.17, 15) is 4.39 Å². The van der Waals surface area contributed by atoms with Crippen molar-refractivity contribution >= 4 is 15.9 Å². The first kappa shape index (κ1) is 14.0. The fourth-order valence-corrected chi connectivity index (χ4v) is 2.89. The van der Waals surface area contributed by atoms with Gasteiger partial charge >= 0.3 is 0 Å². The number of nitrogens with zero attached hydrogens (tertiary/aromatic N) is 1. The average molecular weight is 315 g/mol. The van der Waals surface area contributed by atoms with Crippen LogP contribution in [0.15, 0.2) is 22.7 Å². The first-order valence-electron chi connectivity index (χ1n) is 6.44. The Hall–Kier alpha value is -0.450. The molecule has 1 heterocycles. The van der Waals surface area contributed by atoms with Crippen molar-refractivity contribution in [1.82, 2.24) is 10.2 Å². The topological polar surface area (TPSA) is 15.3 Å². The van der Waals surface area contributed by atoms with E-state index in [1.807, 2.05) is 6.07 Å². The highest BCUT2D eigenvalue weighted by atomic mass is 79.9. The van der Waals surface area contributed by atoms with Gasteiger partial charge in [-0.3, -0.25) is 0 Å². The number of hydrogen-bond acceptors (Lipinski definition) is 2. The number of likely N-dealkylation sites (tertiary alicyclic amines) is 1. The van der Waals surface area contributed by atoms with E-state index in [1.54, 1.807) is 0 Å². The zero-order valence-electron chi connectivity index (χ0n) is 10.9. The molecular weight excluding hydrogens is 295 g/mol. The van der Waals surface area contributed by atoms with E-state index in [2.05, 4.69) is 40.1 Å². The second-order valence-electron chi connectivity index (χ2n) is 5.17. The molecular formula is C14H20BrFN2. The zero-order valence-corrected chi connectivity index (χ0v) is 12.5. The summed E-state index contributed by atoms with van der Waals surface area (Å²) in [5, 5.41) is 3.57. The molecule has 0 aromatic heterocycles. The molecule has 100 valence electrons. The van der Waals surface area contributed by atoms with Gasteiger partial charge in [0.05, 0.1) is 0 Å². The summed E-state index contributed by atoms with van der Waals surface area (Å²) in [5.41, 5.74) is 1.11. The van der Waals surface area contributed by atoms with Crippen LogP contribution in [0.2, 0.25) is 0 Å². The highest BCUT2D eigenvalue weighted by molar-refractivity contribution is 9.10. The van der Waals surface area contributed by atoms with E-state index >= 15 is 0 Å². The molecule has 1 aliphatic heterocycles. The molecule has 1 aliphatic rings. The van der Waals surface area contributed by atoms with Gasteiger partial charge in [-0.2, -0.15) is 0 Å². The number of rotatable bonds is 3. The van der Waals surface area contributed by atoms with E-state index in [-0.39, 0.29) is 5.82 Å². The van der Waals surface area contributed by atoms with Crippen molar-refractivity contribution in [2.24, 2.45) is 0 Å². The van der Waals surface area contributed by atoms with Gasteiger partial charge in [-0.1, -0.05) is 22.0 Å². The Morgan fingerprint density at radius 3 is 2.94 bits per heavy atom. The number of halogens is 2. The van der Waals surface area contributed by atoms with Crippen LogP contribution in [0.4, 0.5) is 4.39 Å². The highest BCUT2D eigenvalue weighted by Gasteiger charge is 2.22. The minimum atomic E-state index is -0.196. The quantitative estimate of drug-likeness (QED) is 0.922. The lowest BCUT2D eigenvalue weighted by molar-refractivity contribution is 0.168. The van der Waals surface area contributed by atoms with Crippen molar-refractivity contribution in [1.29, 1.82) is 0 Å². The first-order chi connectivity index (χ1) is 8.56. The molecule has 0 aliphatic carbocycles. The second-order valence-corrected chi connectivity index (χ2v) is 6.02. The van der Waals surface area contributed by atoms with Gasteiger partial charge in [0.15, 0.2) is 0 Å². The summed E-state index contributed by atoms with van der Waals surface area (Å²) in [7, 11) is 2.18. The molecule has 4 heteroatoms. The van der Waals surface area contributed by atoms with Crippen LogP contribution in [0.25, 0.3) is 0 Å². The molecule has 2 unspecified atom stereocenters. The normalized spacial score (nSPS) is 25.3. The molecule has 1 aromatic carbocycles. The Morgan fingerprint density at radius 2 is 2.28 bits per heavy atom. The predicted molar refractivity (Wildman–Crippen MR) is 76.1 cm³/mol. The van der Waals surface area contributed by atoms with Crippen LogP contribution in [0.3, 0.4) is 0 Å². The summed E-state index contributed by atoms with van der Waals surface area (Å²) in [6, 6.07) is 6.07. The molecule has 0 radical (unpaired) electrons. The molecule has 1 aromatic rings. The monoisotopic (exact) mass is 314 g/mol. The van der Waals surface area contributed by atoms with E-state index < -0.39 is 0 Å². The van der Waals surface area contributed by atoms with E-state index in [1.165, 1.54) is 25.0 Å². The van der Waals surface area contributed by atoms with Crippen LogP contribution in [0.1, 0.15) is 25.3 Å². The fraction of sp³-hybridized carbons (Fsp3) is 0.571. The van der Waals surface area contributed by atoms with Gasteiger partial charge in [0.25, 0.3) is 0 Å². The first-order valence-corrected chi connectivity index (χ1v) is 7.23. The summed E-state index contributed by atoms with van der Waals surface area (Å²) < 4.78 is 13.8. The maximum Gasteiger partial charge on any atom is 0.124 e. The van der Waals surface area contributed by atoms with Crippen molar-refractivity contribution in [2.75, 3.05) is 13.6 Å². The Morgan fingerprint density at radius 1 is 1.50 bits per heavy atom. The second kappa shape index (κ2) is 6.13. The molecule has 1 saturated heterocycles. The SMILES string of the molecule is CC1CC(NCc2ccc(F)cc2Br)CCN1C. The third-order valence-electron chi connectivity index (χ3n) is 3.80. The van der Waals surface area contributed by atoms with Crippen LogP contribution in [0.5, 0.6) is 0 Å². The Kier molecular flexibility index (Phi) is 4.76. The zero-order chi connectivity index (χ0) is 13.1. The van der Waals surface area contributed by atoms with Crippen LogP contribution >= 0.6 is 15.9 Å². The minimum absolute atomic E-state index is 0.196. The lowest BCUT2D eigenvalue weighted by Gasteiger charge is -2.35. The van der Waals surface area contributed by atoms with Crippen LogP contribution in [-0.4, -0.2) is 30.6 Å². The maximum absolute atomic E-state index is 13.0. The number of nitrogens with one attached hydrogen (secondary N) is 1. The molecule has 0 spiro atoms. The minimum Gasteiger partial charge on any atom is -0.310 e. The molecule has 18 heavy (non-hydrogen) atoms. The fourth-order valence-electron chi connectivity index (χ4n) is 2.39. The summed E-state index contributed by atoms with van der Waals surface area (Å²) in [4.78, 5) is 2.39. The Bertz CT molecular complexity index is 411. The molecule has 2 rings (SSSR count). The maximum atomic E-state index is 13.0. The van der Waals surface area contributed by atoms with Gasteiger partial charge < -0.3 is 10.2 Å². The number of benzene rings is 1. The molecule has 2 nitrogen and oxygen atoms in total. The van der Waals surface area contributed by atoms with Gasteiger partial charge in [0.2, 0.25) is 0 Å². The van der Waals surface area contributed by atoms with Crippen LogP contribution in [0, 0.1) is 5.82 Å². The molecule has 0 bridgehead atoms. The van der Waals surface area contributed by atoms with Crippen LogP contribution in [-0.2, 0) is 6.54 Å². The smallest absolute Gasteiger partial charge is 0.124 e. The van der Waals surface area contributed by atoms with Gasteiger partial charge in [-0.25, -0.2) is 4.39 Å². The lowest BCUT2D eigenvalue weighted by Crippen LogP contribution is -2.45. The Balaban J connectivity index is 1.88. The summed E-state index contributed by atoms with van der Waals surface area (Å²) in [6.45, 7) is 4.20. The number of piperidine rings is 1. The lowest BCUT2D eigenvalue weighted by atomic mass is 9.99.